The first-order chi connectivity index (χ1) is 8.63. The van der Waals surface area contributed by atoms with Crippen molar-refractivity contribution in [1.29, 1.82) is 0 Å². The van der Waals surface area contributed by atoms with Crippen LogP contribution < -0.4 is 11.1 Å². The summed E-state index contributed by atoms with van der Waals surface area (Å²) >= 11 is 0. The van der Waals surface area contributed by atoms with Gasteiger partial charge in [0.05, 0.1) is 0 Å². The predicted octanol–water partition coefficient (Wildman–Crippen LogP) is 1.65. The third-order valence-electron chi connectivity index (χ3n) is 2.38. The van der Waals surface area contributed by atoms with E-state index in [2.05, 4.69) is 5.32 Å². The lowest BCUT2D eigenvalue weighted by Crippen LogP contribution is -2.28. The van der Waals surface area contributed by atoms with E-state index in [9.17, 15) is 4.79 Å². The molecule has 0 heterocycles. The average molecular weight is 252 g/mol. The molecule has 1 amide bonds. The molecular formula is C13H20N2O3. The number of anilines is 2. The van der Waals surface area contributed by atoms with E-state index < -0.39 is 6.10 Å². The van der Waals surface area contributed by atoms with Gasteiger partial charge in [0, 0.05) is 31.7 Å². The molecule has 0 aliphatic heterocycles. The number of ether oxygens (including phenoxy) is 2. The van der Waals surface area contributed by atoms with Crippen LogP contribution >= 0.6 is 0 Å². The Bertz CT molecular complexity index is 382. The Balaban J connectivity index is 2.35. The zero-order valence-electron chi connectivity index (χ0n) is 10.8. The lowest BCUT2D eigenvalue weighted by molar-refractivity contribution is -0.126. The predicted molar refractivity (Wildman–Crippen MR) is 71.4 cm³/mol. The van der Waals surface area contributed by atoms with Crippen LogP contribution in [0.2, 0.25) is 0 Å². The molecule has 3 N–H and O–H groups in total. The van der Waals surface area contributed by atoms with Crippen molar-refractivity contribution in [3.8, 4) is 0 Å². The first-order valence-electron chi connectivity index (χ1n) is 5.90. The highest BCUT2D eigenvalue weighted by molar-refractivity contribution is 5.94. The largest absolute Gasteiger partial charge is 0.399 e. The van der Waals surface area contributed by atoms with Crippen molar-refractivity contribution in [2.75, 3.05) is 31.4 Å². The fraction of sp³-hybridized carbons (Fsp3) is 0.462. The second-order valence-electron chi connectivity index (χ2n) is 3.97. The molecule has 18 heavy (non-hydrogen) atoms. The van der Waals surface area contributed by atoms with Gasteiger partial charge in [0.25, 0.3) is 5.91 Å². The van der Waals surface area contributed by atoms with E-state index in [-0.39, 0.29) is 5.91 Å². The zero-order chi connectivity index (χ0) is 13.4. The van der Waals surface area contributed by atoms with Gasteiger partial charge >= 0.3 is 0 Å². The number of amides is 1. The highest BCUT2D eigenvalue weighted by atomic mass is 16.5. The third kappa shape index (κ3) is 5.16. The number of hydrogen-bond donors (Lipinski definition) is 2. The molecule has 1 atom stereocenters. The third-order valence-corrected chi connectivity index (χ3v) is 2.38. The molecular weight excluding hydrogens is 232 g/mol. The Morgan fingerprint density at radius 3 is 2.89 bits per heavy atom. The van der Waals surface area contributed by atoms with Gasteiger partial charge in [-0.15, -0.1) is 0 Å². The Morgan fingerprint density at radius 1 is 1.44 bits per heavy atom. The molecule has 0 spiro atoms. The van der Waals surface area contributed by atoms with Crippen LogP contribution in [0, 0.1) is 0 Å². The van der Waals surface area contributed by atoms with Crippen LogP contribution in [-0.2, 0) is 14.3 Å². The number of nitrogen functional groups attached to an aromatic ring is 1. The second kappa shape index (κ2) is 7.68. The van der Waals surface area contributed by atoms with Crippen LogP contribution in [0.4, 0.5) is 11.4 Å². The smallest absolute Gasteiger partial charge is 0.253 e. The van der Waals surface area contributed by atoms with E-state index in [0.29, 0.717) is 24.6 Å². The number of rotatable bonds is 7. The summed E-state index contributed by atoms with van der Waals surface area (Å²) in [6, 6.07) is 7.04. The minimum absolute atomic E-state index is 0.182. The maximum absolute atomic E-state index is 11.8. The van der Waals surface area contributed by atoms with E-state index in [1.165, 1.54) is 0 Å². The van der Waals surface area contributed by atoms with Gasteiger partial charge in [0.1, 0.15) is 6.10 Å². The van der Waals surface area contributed by atoms with Crippen molar-refractivity contribution in [3.05, 3.63) is 24.3 Å². The Labute approximate surface area is 107 Å². The first kappa shape index (κ1) is 14.5. The van der Waals surface area contributed by atoms with E-state index in [4.69, 9.17) is 15.2 Å². The maximum atomic E-state index is 11.8. The van der Waals surface area contributed by atoms with Crippen LogP contribution in [0.3, 0.4) is 0 Å². The fourth-order valence-corrected chi connectivity index (χ4v) is 1.40. The van der Waals surface area contributed by atoms with Crippen molar-refractivity contribution in [3.63, 3.8) is 0 Å². The van der Waals surface area contributed by atoms with Crippen LogP contribution in [0.1, 0.15) is 13.3 Å². The summed E-state index contributed by atoms with van der Waals surface area (Å²) in [4.78, 5) is 11.8. The fourth-order valence-electron chi connectivity index (χ4n) is 1.40. The van der Waals surface area contributed by atoms with Crippen molar-refractivity contribution >= 4 is 17.3 Å². The SMILES string of the molecule is COCCCOC(C)C(=O)Nc1cccc(N)c1. The first-order valence-corrected chi connectivity index (χ1v) is 5.90. The van der Waals surface area contributed by atoms with Gasteiger partial charge in [-0.05, 0) is 31.5 Å². The molecule has 1 unspecified atom stereocenters. The summed E-state index contributed by atoms with van der Waals surface area (Å²) in [5, 5.41) is 2.75. The van der Waals surface area contributed by atoms with Gasteiger partial charge in [-0.3, -0.25) is 4.79 Å². The summed E-state index contributed by atoms with van der Waals surface area (Å²) in [5.41, 5.74) is 6.91. The van der Waals surface area contributed by atoms with E-state index >= 15 is 0 Å². The molecule has 5 nitrogen and oxygen atoms in total. The molecule has 0 aromatic heterocycles. The maximum Gasteiger partial charge on any atom is 0.253 e. The van der Waals surface area contributed by atoms with E-state index in [0.717, 1.165) is 6.42 Å². The minimum Gasteiger partial charge on any atom is -0.399 e. The van der Waals surface area contributed by atoms with Crippen LogP contribution in [-0.4, -0.2) is 32.3 Å². The monoisotopic (exact) mass is 252 g/mol. The molecule has 0 bridgehead atoms. The molecule has 0 radical (unpaired) electrons. The van der Waals surface area contributed by atoms with Crippen molar-refractivity contribution < 1.29 is 14.3 Å². The lowest BCUT2D eigenvalue weighted by atomic mass is 10.2. The average Bonchev–Trinajstić information content (AvgIpc) is 2.34. The van der Waals surface area contributed by atoms with Gasteiger partial charge in [-0.2, -0.15) is 0 Å². The number of methoxy groups -OCH3 is 1. The molecule has 0 aliphatic carbocycles. The summed E-state index contributed by atoms with van der Waals surface area (Å²) in [6.07, 6.45) is 0.273. The zero-order valence-corrected chi connectivity index (χ0v) is 10.8. The molecule has 5 heteroatoms. The molecule has 1 aromatic carbocycles. The van der Waals surface area contributed by atoms with Crippen LogP contribution in [0.15, 0.2) is 24.3 Å². The number of hydrogen-bond acceptors (Lipinski definition) is 4. The number of carbonyl (C=O) groups is 1. The van der Waals surface area contributed by atoms with Gasteiger partial charge in [-0.1, -0.05) is 6.07 Å². The van der Waals surface area contributed by atoms with E-state index in [1.54, 1.807) is 38.3 Å². The number of benzene rings is 1. The lowest BCUT2D eigenvalue weighted by Gasteiger charge is -2.13. The molecule has 1 aromatic rings. The molecule has 100 valence electrons. The van der Waals surface area contributed by atoms with Crippen molar-refractivity contribution in [1.82, 2.24) is 0 Å². The highest BCUT2D eigenvalue weighted by Crippen LogP contribution is 2.12. The standard InChI is InChI=1S/C13H20N2O3/c1-10(18-8-4-7-17-2)13(16)15-12-6-3-5-11(14)9-12/h3,5-6,9-10H,4,7-8,14H2,1-2H3,(H,15,16). The van der Waals surface area contributed by atoms with Crippen LogP contribution in [0.25, 0.3) is 0 Å². The van der Waals surface area contributed by atoms with Crippen molar-refractivity contribution in [2.45, 2.75) is 19.4 Å². The number of nitrogens with one attached hydrogen (secondary N) is 1. The second-order valence-corrected chi connectivity index (χ2v) is 3.97. The number of carbonyl (C=O) groups excluding carboxylic acids is 1. The molecule has 1 rings (SSSR count). The summed E-state index contributed by atoms with van der Waals surface area (Å²) in [6.45, 7) is 2.84. The Morgan fingerprint density at radius 2 is 2.22 bits per heavy atom. The molecule has 0 saturated heterocycles. The summed E-state index contributed by atoms with van der Waals surface area (Å²) in [7, 11) is 1.63. The quantitative estimate of drug-likeness (QED) is 0.571. The summed E-state index contributed by atoms with van der Waals surface area (Å²) < 4.78 is 10.3. The highest BCUT2D eigenvalue weighted by Gasteiger charge is 2.13. The summed E-state index contributed by atoms with van der Waals surface area (Å²) in [5.74, 6) is -0.182. The van der Waals surface area contributed by atoms with Crippen LogP contribution in [0.5, 0.6) is 0 Å². The van der Waals surface area contributed by atoms with Gasteiger partial charge in [-0.25, -0.2) is 0 Å². The molecule has 0 fully saturated rings. The topological polar surface area (TPSA) is 73.6 Å². The van der Waals surface area contributed by atoms with Gasteiger partial charge < -0.3 is 20.5 Å². The van der Waals surface area contributed by atoms with Gasteiger partial charge in [0.2, 0.25) is 0 Å². The normalized spacial score (nSPS) is 12.1. The number of nitrogens with two attached hydrogens (primary N) is 1. The van der Waals surface area contributed by atoms with Gasteiger partial charge in [0.15, 0.2) is 0 Å². The molecule has 0 saturated carbocycles. The van der Waals surface area contributed by atoms with Crippen molar-refractivity contribution in [2.24, 2.45) is 0 Å². The Hall–Kier alpha value is -1.59. The van der Waals surface area contributed by atoms with E-state index in [1.807, 2.05) is 0 Å². The Kier molecular flexibility index (Phi) is 6.18. The minimum atomic E-state index is -0.497. The molecule has 0 aliphatic rings.